The van der Waals surface area contributed by atoms with Gasteiger partial charge in [-0.1, -0.05) is 11.6 Å². The predicted octanol–water partition coefficient (Wildman–Crippen LogP) is 3.21. The third-order valence-corrected chi connectivity index (χ3v) is 3.52. The summed E-state index contributed by atoms with van der Waals surface area (Å²) < 4.78 is 0. The van der Waals surface area contributed by atoms with E-state index in [1.54, 1.807) is 0 Å². The van der Waals surface area contributed by atoms with Crippen LogP contribution in [0, 0.1) is 0 Å². The Morgan fingerprint density at radius 3 is 2.59 bits per heavy atom. The van der Waals surface area contributed by atoms with Gasteiger partial charge in [0.2, 0.25) is 0 Å². The summed E-state index contributed by atoms with van der Waals surface area (Å²) in [6.07, 6.45) is 1.09. The number of aliphatic hydroxyl groups is 1. The Labute approximate surface area is 119 Å². The highest BCUT2D eigenvalue weighted by Crippen LogP contribution is 2.20. The molecule has 0 heterocycles. The molecule has 0 aliphatic carbocycles. The summed E-state index contributed by atoms with van der Waals surface area (Å²) in [5.74, 6) is 1.08. The number of hydrogen-bond acceptors (Lipinski definition) is 3. The zero-order valence-corrected chi connectivity index (χ0v) is 12.2. The Bertz CT molecular complexity index is 295. The highest BCUT2D eigenvalue weighted by molar-refractivity contribution is 7.99. The quantitative estimate of drug-likeness (QED) is 0.598. The molecule has 0 fully saturated rings. The van der Waals surface area contributed by atoms with Crippen LogP contribution in [0.1, 0.15) is 13.3 Å². The number of nitrogens with one attached hydrogen (secondary N) is 1. The van der Waals surface area contributed by atoms with Gasteiger partial charge in [0.1, 0.15) is 0 Å². The fourth-order valence-corrected chi connectivity index (χ4v) is 2.18. The van der Waals surface area contributed by atoms with E-state index in [2.05, 4.69) is 5.32 Å². The normalized spacial score (nSPS) is 11.9. The lowest BCUT2D eigenvalue weighted by atomic mass is 10.3. The first-order chi connectivity index (χ1) is 7.72. The molecule has 0 radical (unpaired) electrons. The van der Waals surface area contributed by atoms with E-state index in [1.807, 2.05) is 43.0 Å². The van der Waals surface area contributed by atoms with Crippen molar-refractivity contribution in [1.29, 1.82) is 0 Å². The van der Waals surface area contributed by atoms with Crippen molar-refractivity contribution in [2.75, 3.05) is 18.9 Å². The van der Waals surface area contributed by atoms with E-state index >= 15 is 0 Å². The fourth-order valence-electron chi connectivity index (χ4n) is 1.21. The lowest BCUT2D eigenvalue weighted by Crippen LogP contribution is -2.30. The lowest BCUT2D eigenvalue weighted by Gasteiger charge is -2.09. The minimum Gasteiger partial charge on any atom is -0.395 e. The number of thioether (sulfide) groups is 1. The van der Waals surface area contributed by atoms with Crippen molar-refractivity contribution < 1.29 is 5.11 Å². The predicted molar refractivity (Wildman–Crippen MR) is 78.6 cm³/mol. The molecule has 0 aliphatic rings. The van der Waals surface area contributed by atoms with Gasteiger partial charge in [-0.25, -0.2) is 0 Å². The summed E-state index contributed by atoms with van der Waals surface area (Å²) in [6, 6.07) is 8.10. The van der Waals surface area contributed by atoms with E-state index in [0.717, 1.165) is 23.7 Å². The zero-order chi connectivity index (χ0) is 11.8. The Kier molecular flexibility index (Phi) is 10.1. The smallest absolute Gasteiger partial charge is 0.0581 e. The van der Waals surface area contributed by atoms with Gasteiger partial charge in [-0.15, -0.1) is 24.2 Å². The van der Waals surface area contributed by atoms with Crippen LogP contribution in [0.5, 0.6) is 0 Å². The molecule has 0 spiro atoms. The second-order valence-corrected chi connectivity index (χ2v) is 5.30. The van der Waals surface area contributed by atoms with Crippen LogP contribution in [0.3, 0.4) is 0 Å². The van der Waals surface area contributed by atoms with E-state index in [9.17, 15) is 0 Å². The molecule has 1 atom stereocenters. The van der Waals surface area contributed by atoms with Gasteiger partial charge in [-0.3, -0.25) is 0 Å². The van der Waals surface area contributed by atoms with Gasteiger partial charge in [-0.2, -0.15) is 0 Å². The van der Waals surface area contributed by atoms with Crippen molar-refractivity contribution >= 4 is 35.8 Å². The summed E-state index contributed by atoms with van der Waals surface area (Å²) >= 11 is 7.63. The van der Waals surface area contributed by atoms with Crippen LogP contribution in [-0.2, 0) is 0 Å². The van der Waals surface area contributed by atoms with Gasteiger partial charge in [0.05, 0.1) is 6.61 Å². The molecule has 5 heteroatoms. The molecular weight excluding hydrogens is 277 g/mol. The topological polar surface area (TPSA) is 32.3 Å². The third kappa shape index (κ3) is 7.90. The Hall–Kier alpha value is 0.0700. The molecule has 1 rings (SSSR count). The molecular formula is C12H19Cl2NOS. The number of aliphatic hydroxyl groups excluding tert-OH is 1. The van der Waals surface area contributed by atoms with Crippen LogP contribution in [0.4, 0.5) is 0 Å². The minimum absolute atomic E-state index is 0. The summed E-state index contributed by atoms with van der Waals surface area (Å²) in [4.78, 5) is 1.25. The van der Waals surface area contributed by atoms with Crippen molar-refractivity contribution in [3.05, 3.63) is 29.3 Å². The average Bonchev–Trinajstić information content (AvgIpc) is 2.31. The van der Waals surface area contributed by atoms with Gasteiger partial charge in [0, 0.05) is 16.0 Å². The summed E-state index contributed by atoms with van der Waals surface area (Å²) in [7, 11) is 0. The molecule has 0 saturated heterocycles. The molecule has 2 N–H and O–H groups in total. The highest BCUT2D eigenvalue weighted by Gasteiger charge is 1.98. The van der Waals surface area contributed by atoms with Crippen molar-refractivity contribution in [1.82, 2.24) is 5.32 Å². The molecule has 17 heavy (non-hydrogen) atoms. The van der Waals surface area contributed by atoms with Crippen LogP contribution in [-0.4, -0.2) is 30.1 Å². The number of hydrogen-bond donors (Lipinski definition) is 2. The maximum Gasteiger partial charge on any atom is 0.0581 e. The van der Waals surface area contributed by atoms with Crippen LogP contribution >= 0.6 is 35.8 Å². The summed E-state index contributed by atoms with van der Waals surface area (Å²) in [5.41, 5.74) is 0. The van der Waals surface area contributed by atoms with Crippen molar-refractivity contribution in [3.8, 4) is 0 Å². The molecule has 1 aromatic rings. The first-order valence-electron chi connectivity index (χ1n) is 5.45. The maximum atomic E-state index is 8.82. The van der Waals surface area contributed by atoms with E-state index in [4.69, 9.17) is 16.7 Å². The van der Waals surface area contributed by atoms with E-state index in [-0.39, 0.29) is 25.1 Å². The monoisotopic (exact) mass is 295 g/mol. The van der Waals surface area contributed by atoms with E-state index < -0.39 is 0 Å². The van der Waals surface area contributed by atoms with Crippen molar-refractivity contribution in [2.24, 2.45) is 0 Å². The van der Waals surface area contributed by atoms with E-state index in [1.165, 1.54) is 4.90 Å². The second-order valence-electron chi connectivity index (χ2n) is 3.69. The largest absolute Gasteiger partial charge is 0.395 e. The Morgan fingerprint density at radius 1 is 1.35 bits per heavy atom. The number of halogens is 2. The first kappa shape index (κ1) is 17.1. The lowest BCUT2D eigenvalue weighted by molar-refractivity contribution is 0.252. The first-order valence-corrected chi connectivity index (χ1v) is 6.81. The molecule has 2 nitrogen and oxygen atoms in total. The standard InChI is InChI=1S/C12H18ClNOS.ClH/c1-10(9-15)14-7-2-8-16-12-5-3-11(13)4-6-12;/h3-6,10,14-15H,2,7-9H2,1H3;1H. The third-order valence-electron chi connectivity index (χ3n) is 2.17. The maximum absolute atomic E-state index is 8.82. The van der Waals surface area contributed by atoms with Crippen molar-refractivity contribution in [2.45, 2.75) is 24.3 Å². The zero-order valence-electron chi connectivity index (χ0n) is 9.86. The average molecular weight is 296 g/mol. The number of rotatable bonds is 7. The Morgan fingerprint density at radius 2 is 2.00 bits per heavy atom. The molecule has 1 aromatic carbocycles. The Balaban J connectivity index is 0.00000256. The van der Waals surface area contributed by atoms with Crippen LogP contribution in [0.15, 0.2) is 29.2 Å². The van der Waals surface area contributed by atoms with Crippen LogP contribution < -0.4 is 5.32 Å². The molecule has 0 saturated carbocycles. The SMILES string of the molecule is CC(CO)NCCCSc1ccc(Cl)cc1.Cl. The molecule has 0 aromatic heterocycles. The summed E-state index contributed by atoms with van der Waals surface area (Å²) in [6.45, 7) is 3.12. The van der Waals surface area contributed by atoms with Crippen LogP contribution in [0.25, 0.3) is 0 Å². The van der Waals surface area contributed by atoms with Gasteiger partial charge in [0.15, 0.2) is 0 Å². The highest BCUT2D eigenvalue weighted by atomic mass is 35.5. The molecule has 98 valence electrons. The minimum atomic E-state index is 0. The van der Waals surface area contributed by atoms with E-state index in [0.29, 0.717) is 0 Å². The van der Waals surface area contributed by atoms with Gasteiger partial charge < -0.3 is 10.4 Å². The summed E-state index contributed by atoms with van der Waals surface area (Å²) in [5, 5.41) is 12.8. The molecule has 0 amide bonds. The van der Waals surface area contributed by atoms with Gasteiger partial charge in [0.25, 0.3) is 0 Å². The van der Waals surface area contributed by atoms with Gasteiger partial charge >= 0.3 is 0 Å². The van der Waals surface area contributed by atoms with Crippen LogP contribution in [0.2, 0.25) is 5.02 Å². The van der Waals surface area contributed by atoms with Gasteiger partial charge in [-0.05, 0) is 49.9 Å². The molecule has 0 bridgehead atoms. The number of benzene rings is 1. The van der Waals surface area contributed by atoms with Crippen molar-refractivity contribution in [3.63, 3.8) is 0 Å². The second kappa shape index (κ2) is 10.0. The fraction of sp³-hybridized carbons (Fsp3) is 0.500. The molecule has 0 aliphatic heterocycles. The molecule has 1 unspecified atom stereocenters.